The highest BCUT2D eigenvalue weighted by Crippen LogP contribution is 2.23. The Balaban J connectivity index is 2.15. The number of aromatic nitrogens is 3. The molecule has 0 saturated carbocycles. The van der Waals surface area contributed by atoms with E-state index in [1.54, 1.807) is 16.0 Å². The van der Waals surface area contributed by atoms with Crippen LogP contribution in [0, 0.1) is 6.92 Å². The molecule has 1 N–H and O–H groups in total. The molecular weight excluding hydrogens is 272 g/mol. The van der Waals surface area contributed by atoms with Gasteiger partial charge in [0.25, 0.3) is 5.91 Å². The lowest BCUT2D eigenvalue weighted by Crippen LogP contribution is -2.29. The van der Waals surface area contributed by atoms with Gasteiger partial charge in [-0.3, -0.25) is 4.79 Å². The minimum absolute atomic E-state index is 0.0376. The fourth-order valence-corrected chi connectivity index (χ4v) is 3.24. The number of hydrogen-bond donors (Lipinski definition) is 1. The molecule has 20 heavy (non-hydrogen) atoms. The van der Waals surface area contributed by atoms with Crippen LogP contribution in [-0.2, 0) is 13.0 Å². The van der Waals surface area contributed by atoms with Crippen molar-refractivity contribution in [2.75, 3.05) is 0 Å². The quantitative estimate of drug-likeness (QED) is 0.921. The number of thiophene rings is 1. The smallest absolute Gasteiger partial charge is 0.252 e. The van der Waals surface area contributed by atoms with Crippen LogP contribution in [0.4, 0.5) is 0 Å². The first-order valence-electron chi connectivity index (χ1n) is 6.83. The van der Waals surface area contributed by atoms with Crippen molar-refractivity contribution < 1.29 is 4.79 Å². The largest absolute Gasteiger partial charge is 0.342 e. The minimum Gasteiger partial charge on any atom is -0.342 e. The van der Waals surface area contributed by atoms with Crippen molar-refractivity contribution in [2.45, 2.75) is 46.7 Å². The van der Waals surface area contributed by atoms with Gasteiger partial charge in [-0.1, -0.05) is 6.92 Å². The van der Waals surface area contributed by atoms with Crippen LogP contribution in [-0.4, -0.2) is 20.7 Å². The highest BCUT2D eigenvalue weighted by molar-refractivity contribution is 7.10. The number of amides is 1. The Hall–Kier alpha value is -1.69. The van der Waals surface area contributed by atoms with Gasteiger partial charge in [0, 0.05) is 16.8 Å². The van der Waals surface area contributed by atoms with E-state index in [9.17, 15) is 4.79 Å². The Morgan fingerprint density at radius 1 is 1.50 bits per heavy atom. The molecule has 1 atom stereocenters. The Bertz CT molecular complexity index is 602. The maximum atomic E-state index is 12.4. The molecule has 2 aromatic rings. The molecule has 108 valence electrons. The standard InChI is InChI=1S/C14H20N4OS/c1-5-11-10(4)20-7-12(11)14(19)17-9(3)13-15-8-16-18(13)6-2/h7-9H,5-6H2,1-4H3,(H,17,19)/t9-/m1/s1. The number of hydrogen-bond acceptors (Lipinski definition) is 4. The Morgan fingerprint density at radius 2 is 2.25 bits per heavy atom. The molecule has 5 nitrogen and oxygen atoms in total. The minimum atomic E-state index is -0.158. The molecule has 2 rings (SSSR count). The van der Waals surface area contributed by atoms with Crippen molar-refractivity contribution in [1.82, 2.24) is 20.1 Å². The predicted molar refractivity (Wildman–Crippen MR) is 80.0 cm³/mol. The second kappa shape index (κ2) is 6.17. The Labute approximate surface area is 123 Å². The maximum absolute atomic E-state index is 12.4. The molecule has 2 heterocycles. The van der Waals surface area contributed by atoms with Gasteiger partial charge in [0.2, 0.25) is 0 Å². The first-order chi connectivity index (χ1) is 9.58. The van der Waals surface area contributed by atoms with Gasteiger partial charge in [-0.25, -0.2) is 9.67 Å². The zero-order valence-corrected chi connectivity index (χ0v) is 13.1. The van der Waals surface area contributed by atoms with Gasteiger partial charge in [0.1, 0.15) is 12.2 Å². The molecular formula is C14H20N4OS. The zero-order valence-electron chi connectivity index (χ0n) is 12.3. The molecule has 0 aliphatic rings. The highest BCUT2D eigenvalue weighted by atomic mass is 32.1. The zero-order chi connectivity index (χ0) is 14.7. The molecule has 0 saturated heterocycles. The molecule has 0 aliphatic carbocycles. The second-order valence-corrected chi connectivity index (χ2v) is 5.75. The van der Waals surface area contributed by atoms with E-state index < -0.39 is 0 Å². The first kappa shape index (κ1) is 14.7. The van der Waals surface area contributed by atoms with Gasteiger partial charge in [-0.15, -0.1) is 11.3 Å². The molecule has 0 aromatic carbocycles. The molecule has 0 fully saturated rings. The van der Waals surface area contributed by atoms with Crippen LogP contribution in [0.5, 0.6) is 0 Å². The van der Waals surface area contributed by atoms with Gasteiger partial charge < -0.3 is 5.32 Å². The maximum Gasteiger partial charge on any atom is 0.252 e. The summed E-state index contributed by atoms with van der Waals surface area (Å²) in [5, 5.41) is 9.07. The van der Waals surface area contributed by atoms with E-state index in [2.05, 4.69) is 29.2 Å². The molecule has 0 unspecified atom stereocenters. The van der Waals surface area contributed by atoms with Crippen molar-refractivity contribution >= 4 is 17.2 Å². The number of nitrogens with one attached hydrogen (secondary N) is 1. The van der Waals surface area contributed by atoms with Crippen LogP contribution < -0.4 is 5.32 Å². The van der Waals surface area contributed by atoms with E-state index in [4.69, 9.17) is 0 Å². The SMILES string of the molecule is CCc1c(C(=O)N[C@H](C)c2ncnn2CC)csc1C. The van der Waals surface area contributed by atoms with Crippen LogP contribution in [0.15, 0.2) is 11.7 Å². The monoisotopic (exact) mass is 292 g/mol. The van der Waals surface area contributed by atoms with E-state index in [1.165, 1.54) is 11.2 Å². The van der Waals surface area contributed by atoms with E-state index in [0.29, 0.717) is 0 Å². The molecule has 1 amide bonds. The number of nitrogens with zero attached hydrogens (tertiary/aromatic N) is 3. The third-order valence-corrected chi connectivity index (χ3v) is 4.34. The summed E-state index contributed by atoms with van der Waals surface area (Å²) in [6.07, 6.45) is 2.39. The summed E-state index contributed by atoms with van der Waals surface area (Å²) in [7, 11) is 0. The summed E-state index contributed by atoms with van der Waals surface area (Å²) in [6, 6.07) is -0.158. The van der Waals surface area contributed by atoms with Gasteiger partial charge in [-0.05, 0) is 32.8 Å². The van der Waals surface area contributed by atoms with E-state index in [-0.39, 0.29) is 11.9 Å². The van der Waals surface area contributed by atoms with Gasteiger partial charge >= 0.3 is 0 Å². The lowest BCUT2D eigenvalue weighted by Gasteiger charge is -2.14. The average Bonchev–Trinajstić information content (AvgIpc) is 3.04. The summed E-state index contributed by atoms with van der Waals surface area (Å²) in [6.45, 7) is 8.80. The normalized spacial score (nSPS) is 12.4. The summed E-state index contributed by atoms with van der Waals surface area (Å²) in [5.74, 6) is 0.746. The summed E-state index contributed by atoms with van der Waals surface area (Å²) in [4.78, 5) is 17.8. The summed E-state index contributed by atoms with van der Waals surface area (Å²) >= 11 is 1.62. The van der Waals surface area contributed by atoms with Crippen molar-refractivity contribution in [2.24, 2.45) is 0 Å². The fourth-order valence-electron chi connectivity index (χ4n) is 2.30. The lowest BCUT2D eigenvalue weighted by atomic mass is 10.1. The van der Waals surface area contributed by atoms with Crippen LogP contribution in [0.3, 0.4) is 0 Å². The van der Waals surface area contributed by atoms with Crippen LogP contribution in [0.1, 0.15) is 53.4 Å². The molecule has 0 spiro atoms. The number of rotatable bonds is 5. The second-order valence-electron chi connectivity index (χ2n) is 4.67. The van der Waals surface area contributed by atoms with Crippen LogP contribution in [0.2, 0.25) is 0 Å². The third kappa shape index (κ3) is 2.75. The van der Waals surface area contributed by atoms with Crippen molar-refractivity contribution in [3.8, 4) is 0 Å². The van der Waals surface area contributed by atoms with Crippen LogP contribution >= 0.6 is 11.3 Å². The molecule has 0 radical (unpaired) electrons. The topological polar surface area (TPSA) is 59.8 Å². The van der Waals surface area contributed by atoms with Crippen LogP contribution in [0.25, 0.3) is 0 Å². The molecule has 0 bridgehead atoms. The summed E-state index contributed by atoms with van der Waals surface area (Å²) in [5.41, 5.74) is 1.92. The Morgan fingerprint density at radius 3 is 2.90 bits per heavy atom. The average molecular weight is 292 g/mol. The number of carbonyl (C=O) groups excluding carboxylic acids is 1. The molecule has 6 heteroatoms. The highest BCUT2D eigenvalue weighted by Gasteiger charge is 2.19. The van der Waals surface area contributed by atoms with E-state index >= 15 is 0 Å². The predicted octanol–water partition coefficient (Wildman–Crippen LogP) is 2.72. The van der Waals surface area contributed by atoms with Gasteiger partial charge in [-0.2, -0.15) is 5.10 Å². The molecule has 0 aliphatic heterocycles. The van der Waals surface area contributed by atoms with Gasteiger partial charge in [0.05, 0.1) is 11.6 Å². The van der Waals surface area contributed by atoms with Crippen molar-refractivity contribution in [3.05, 3.63) is 33.5 Å². The summed E-state index contributed by atoms with van der Waals surface area (Å²) < 4.78 is 1.80. The number of carbonyl (C=O) groups is 1. The van der Waals surface area contributed by atoms with Crippen molar-refractivity contribution in [1.29, 1.82) is 0 Å². The van der Waals surface area contributed by atoms with Gasteiger partial charge in [0.15, 0.2) is 0 Å². The molecule has 2 aromatic heterocycles. The number of aryl methyl sites for hydroxylation is 2. The lowest BCUT2D eigenvalue weighted by molar-refractivity contribution is 0.0937. The third-order valence-electron chi connectivity index (χ3n) is 3.38. The van der Waals surface area contributed by atoms with E-state index in [1.807, 2.05) is 19.2 Å². The fraction of sp³-hybridized carbons (Fsp3) is 0.500. The van der Waals surface area contributed by atoms with Crippen molar-refractivity contribution in [3.63, 3.8) is 0 Å². The Kier molecular flexibility index (Phi) is 4.54. The van der Waals surface area contributed by atoms with E-state index in [0.717, 1.165) is 29.9 Å². The first-order valence-corrected chi connectivity index (χ1v) is 7.71.